The van der Waals surface area contributed by atoms with Gasteiger partial charge in [-0.05, 0) is 30.5 Å². The minimum atomic E-state index is -0.326. The average molecular weight is 192 g/mol. The standard InChI is InChI=1S/C12H13FO/c13-11-5-3-10(4-6-11)12(9-14)7-1-2-8-12/h3-6,9H,1-2,7-8H2. The Kier molecular flexibility index (Phi) is 2.36. The molecule has 2 rings (SSSR count). The molecule has 1 saturated carbocycles. The first-order chi connectivity index (χ1) is 6.77. The van der Waals surface area contributed by atoms with Gasteiger partial charge in [-0.15, -0.1) is 0 Å². The summed E-state index contributed by atoms with van der Waals surface area (Å²) in [4.78, 5) is 11.1. The van der Waals surface area contributed by atoms with Crippen molar-refractivity contribution < 1.29 is 9.18 Å². The maximum atomic E-state index is 12.7. The van der Waals surface area contributed by atoms with Gasteiger partial charge in [0, 0.05) is 0 Å². The fraction of sp³-hybridized carbons (Fsp3) is 0.417. The van der Waals surface area contributed by atoms with E-state index < -0.39 is 0 Å². The first kappa shape index (κ1) is 9.38. The number of rotatable bonds is 2. The molecule has 1 fully saturated rings. The Labute approximate surface area is 82.9 Å². The third kappa shape index (κ3) is 1.45. The Morgan fingerprint density at radius 2 is 1.71 bits per heavy atom. The Morgan fingerprint density at radius 1 is 1.14 bits per heavy atom. The molecular weight excluding hydrogens is 179 g/mol. The normalized spacial score (nSPS) is 19.5. The van der Waals surface area contributed by atoms with Crippen molar-refractivity contribution in [1.82, 2.24) is 0 Å². The molecule has 0 saturated heterocycles. The largest absolute Gasteiger partial charge is 0.302 e. The van der Waals surface area contributed by atoms with Gasteiger partial charge in [-0.25, -0.2) is 4.39 Å². The SMILES string of the molecule is O=CC1(c2ccc(F)cc2)CCCC1. The van der Waals surface area contributed by atoms with Gasteiger partial charge in [0.2, 0.25) is 0 Å². The Hall–Kier alpha value is -1.18. The molecule has 1 nitrogen and oxygen atoms in total. The van der Waals surface area contributed by atoms with Crippen molar-refractivity contribution in [2.75, 3.05) is 0 Å². The van der Waals surface area contributed by atoms with Gasteiger partial charge in [0.05, 0.1) is 5.41 Å². The first-order valence-electron chi connectivity index (χ1n) is 4.99. The van der Waals surface area contributed by atoms with E-state index in [1.54, 1.807) is 12.1 Å². The van der Waals surface area contributed by atoms with Crippen LogP contribution in [0.2, 0.25) is 0 Å². The highest BCUT2D eigenvalue weighted by Crippen LogP contribution is 2.39. The third-order valence-corrected chi connectivity index (χ3v) is 3.14. The van der Waals surface area contributed by atoms with Crippen LogP contribution in [0.25, 0.3) is 0 Å². The van der Waals surface area contributed by atoms with E-state index >= 15 is 0 Å². The van der Waals surface area contributed by atoms with Crippen molar-refractivity contribution >= 4 is 6.29 Å². The maximum absolute atomic E-state index is 12.7. The molecule has 1 aromatic carbocycles. The predicted molar refractivity (Wildman–Crippen MR) is 52.6 cm³/mol. The minimum Gasteiger partial charge on any atom is -0.302 e. The highest BCUT2D eigenvalue weighted by molar-refractivity contribution is 5.69. The van der Waals surface area contributed by atoms with Gasteiger partial charge in [-0.3, -0.25) is 0 Å². The van der Waals surface area contributed by atoms with Crippen molar-refractivity contribution in [3.8, 4) is 0 Å². The summed E-state index contributed by atoms with van der Waals surface area (Å²) in [6.07, 6.45) is 5.03. The molecule has 1 aliphatic carbocycles. The fourth-order valence-electron chi connectivity index (χ4n) is 2.26. The second kappa shape index (κ2) is 3.52. The second-order valence-electron chi connectivity index (χ2n) is 3.99. The fourth-order valence-corrected chi connectivity index (χ4v) is 2.26. The van der Waals surface area contributed by atoms with Crippen molar-refractivity contribution in [2.45, 2.75) is 31.1 Å². The predicted octanol–water partition coefficient (Wildman–Crippen LogP) is 2.84. The number of hydrogen-bond donors (Lipinski definition) is 0. The summed E-state index contributed by atoms with van der Waals surface area (Å²) in [6, 6.07) is 6.32. The van der Waals surface area contributed by atoms with Crippen LogP contribution in [0.15, 0.2) is 24.3 Å². The van der Waals surface area contributed by atoms with Crippen LogP contribution in [0.1, 0.15) is 31.2 Å². The van der Waals surface area contributed by atoms with Gasteiger partial charge in [0.25, 0.3) is 0 Å². The van der Waals surface area contributed by atoms with Crippen LogP contribution in [0.5, 0.6) is 0 Å². The van der Waals surface area contributed by atoms with Gasteiger partial charge in [-0.1, -0.05) is 25.0 Å². The Bertz CT molecular complexity index is 323. The highest BCUT2D eigenvalue weighted by atomic mass is 19.1. The van der Waals surface area contributed by atoms with Crippen LogP contribution in [0.3, 0.4) is 0 Å². The molecule has 1 aliphatic rings. The van der Waals surface area contributed by atoms with E-state index in [9.17, 15) is 9.18 Å². The maximum Gasteiger partial charge on any atom is 0.130 e. The van der Waals surface area contributed by atoms with Crippen molar-refractivity contribution in [1.29, 1.82) is 0 Å². The smallest absolute Gasteiger partial charge is 0.130 e. The van der Waals surface area contributed by atoms with E-state index in [2.05, 4.69) is 0 Å². The first-order valence-corrected chi connectivity index (χ1v) is 4.99. The van der Waals surface area contributed by atoms with Crippen molar-refractivity contribution in [3.63, 3.8) is 0 Å². The molecule has 0 heterocycles. The summed E-state index contributed by atoms with van der Waals surface area (Å²) in [5.74, 6) is -0.243. The van der Waals surface area contributed by atoms with Crippen LogP contribution in [-0.2, 0) is 10.2 Å². The number of benzene rings is 1. The van der Waals surface area contributed by atoms with Gasteiger partial charge >= 0.3 is 0 Å². The number of aldehydes is 1. The van der Waals surface area contributed by atoms with Crippen LogP contribution >= 0.6 is 0 Å². The summed E-state index contributed by atoms with van der Waals surface area (Å²) < 4.78 is 12.7. The van der Waals surface area contributed by atoms with Gasteiger partial charge in [0.15, 0.2) is 0 Å². The summed E-state index contributed by atoms with van der Waals surface area (Å²) in [5.41, 5.74) is 0.639. The Morgan fingerprint density at radius 3 is 2.21 bits per heavy atom. The lowest BCUT2D eigenvalue weighted by Crippen LogP contribution is -2.23. The summed E-state index contributed by atoms with van der Waals surface area (Å²) >= 11 is 0. The quantitative estimate of drug-likeness (QED) is 0.658. The number of halogens is 1. The average Bonchev–Trinajstić information content (AvgIpc) is 2.68. The third-order valence-electron chi connectivity index (χ3n) is 3.14. The van der Waals surface area contributed by atoms with Gasteiger partial charge < -0.3 is 4.79 Å². The summed E-state index contributed by atoms with van der Waals surface area (Å²) in [7, 11) is 0. The molecule has 0 unspecified atom stereocenters. The molecule has 74 valence electrons. The van der Waals surface area contributed by atoms with E-state index in [4.69, 9.17) is 0 Å². The molecule has 0 N–H and O–H groups in total. The van der Waals surface area contributed by atoms with E-state index in [-0.39, 0.29) is 11.2 Å². The van der Waals surface area contributed by atoms with Crippen molar-refractivity contribution in [3.05, 3.63) is 35.6 Å². The summed E-state index contributed by atoms with van der Waals surface area (Å²) in [6.45, 7) is 0. The molecule has 0 bridgehead atoms. The zero-order valence-corrected chi connectivity index (χ0v) is 8.00. The molecule has 0 radical (unpaired) electrons. The van der Waals surface area contributed by atoms with Gasteiger partial charge in [0.1, 0.15) is 12.1 Å². The van der Waals surface area contributed by atoms with E-state index in [1.165, 1.54) is 12.1 Å². The summed E-state index contributed by atoms with van der Waals surface area (Å²) in [5, 5.41) is 0. The van der Waals surface area contributed by atoms with Crippen molar-refractivity contribution in [2.24, 2.45) is 0 Å². The lowest BCUT2D eigenvalue weighted by Gasteiger charge is -2.21. The van der Waals surface area contributed by atoms with Crippen LogP contribution in [0, 0.1) is 5.82 Å². The monoisotopic (exact) mass is 192 g/mol. The second-order valence-corrected chi connectivity index (χ2v) is 3.99. The molecular formula is C12H13FO. The zero-order valence-electron chi connectivity index (χ0n) is 8.00. The van der Waals surface area contributed by atoms with Gasteiger partial charge in [-0.2, -0.15) is 0 Å². The zero-order chi connectivity index (χ0) is 10.0. The molecule has 0 aromatic heterocycles. The molecule has 0 spiro atoms. The molecule has 0 atom stereocenters. The number of carbonyl (C=O) groups is 1. The molecule has 0 amide bonds. The Balaban J connectivity index is 2.36. The molecule has 2 heteroatoms. The lowest BCUT2D eigenvalue weighted by molar-refractivity contribution is -0.112. The van der Waals surface area contributed by atoms with E-state index in [0.717, 1.165) is 37.5 Å². The molecule has 14 heavy (non-hydrogen) atoms. The number of carbonyl (C=O) groups excluding carboxylic acids is 1. The lowest BCUT2D eigenvalue weighted by atomic mass is 9.80. The minimum absolute atomic E-state index is 0.243. The van der Waals surface area contributed by atoms with E-state index in [1.807, 2.05) is 0 Å². The number of hydrogen-bond acceptors (Lipinski definition) is 1. The topological polar surface area (TPSA) is 17.1 Å². The van der Waals surface area contributed by atoms with E-state index in [0.29, 0.717) is 0 Å². The van der Waals surface area contributed by atoms with Crippen LogP contribution < -0.4 is 0 Å². The highest BCUT2D eigenvalue weighted by Gasteiger charge is 2.35. The molecule has 0 aliphatic heterocycles. The van der Waals surface area contributed by atoms with Crippen LogP contribution in [0.4, 0.5) is 4.39 Å². The molecule has 1 aromatic rings. The van der Waals surface area contributed by atoms with Crippen LogP contribution in [-0.4, -0.2) is 6.29 Å².